The maximum absolute atomic E-state index is 13.3. The van der Waals surface area contributed by atoms with Gasteiger partial charge in [0.15, 0.2) is 0 Å². The molecule has 0 fully saturated rings. The van der Waals surface area contributed by atoms with Crippen LogP contribution < -0.4 is 10.6 Å². The van der Waals surface area contributed by atoms with E-state index in [2.05, 4.69) is 10.6 Å². The van der Waals surface area contributed by atoms with Gasteiger partial charge in [-0.3, -0.25) is 9.59 Å². The number of rotatable bonds is 2. The molecule has 4 nitrogen and oxygen atoms in total. The Balaban J connectivity index is 2.03. The summed E-state index contributed by atoms with van der Waals surface area (Å²) in [6.07, 6.45) is 0. The van der Waals surface area contributed by atoms with Gasteiger partial charge in [-0.05, 0) is 36.8 Å². The summed E-state index contributed by atoms with van der Waals surface area (Å²) in [5, 5.41) is 4.67. The van der Waals surface area contributed by atoms with Crippen LogP contribution in [0.5, 0.6) is 0 Å². The lowest BCUT2D eigenvalue weighted by Gasteiger charge is -2.07. The first-order chi connectivity index (χ1) is 9.56. The van der Waals surface area contributed by atoms with Gasteiger partial charge in [-0.1, -0.05) is 24.3 Å². The smallest absolute Gasteiger partial charge is 0.314 e. The number of amides is 2. The lowest BCUT2D eigenvalue weighted by atomic mass is 10.2. The van der Waals surface area contributed by atoms with E-state index in [-0.39, 0.29) is 5.69 Å². The SMILES string of the molecule is Cc1cccc(NC(=O)C(=O)Nc2ccccc2F)c1. The summed E-state index contributed by atoms with van der Waals surface area (Å²) in [6.45, 7) is 1.87. The highest BCUT2D eigenvalue weighted by molar-refractivity contribution is 6.43. The summed E-state index contributed by atoms with van der Waals surface area (Å²) in [5.74, 6) is -2.36. The van der Waals surface area contributed by atoms with Crippen molar-refractivity contribution in [3.8, 4) is 0 Å². The van der Waals surface area contributed by atoms with Crippen LogP contribution in [0.4, 0.5) is 15.8 Å². The third-order valence-electron chi connectivity index (χ3n) is 2.60. The van der Waals surface area contributed by atoms with E-state index in [1.807, 2.05) is 13.0 Å². The Morgan fingerprint density at radius 3 is 2.35 bits per heavy atom. The number of aryl methyl sites for hydroxylation is 1. The molecule has 0 radical (unpaired) electrons. The van der Waals surface area contributed by atoms with Gasteiger partial charge in [0.2, 0.25) is 0 Å². The van der Waals surface area contributed by atoms with E-state index >= 15 is 0 Å². The number of hydrogen-bond acceptors (Lipinski definition) is 2. The molecule has 0 spiro atoms. The van der Waals surface area contributed by atoms with E-state index in [0.717, 1.165) is 5.56 Å². The predicted octanol–water partition coefficient (Wildman–Crippen LogP) is 2.71. The van der Waals surface area contributed by atoms with Crippen molar-refractivity contribution < 1.29 is 14.0 Å². The minimum Gasteiger partial charge on any atom is -0.318 e. The number of hydrogen-bond donors (Lipinski definition) is 2. The molecule has 0 bridgehead atoms. The Labute approximate surface area is 115 Å². The fraction of sp³-hybridized carbons (Fsp3) is 0.0667. The van der Waals surface area contributed by atoms with Crippen molar-refractivity contribution in [3.63, 3.8) is 0 Å². The number of anilines is 2. The topological polar surface area (TPSA) is 58.2 Å². The Kier molecular flexibility index (Phi) is 4.10. The quantitative estimate of drug-likeness (QED) is 0.826. The molecule has 2 N–H and O–H groups in total. The van der Waals surface area contributed by atoms with Crippen LogP contribution in [-0.2, 0) is 9.59 Å². The number of benzene rings is 2. The second-order valence-corrected chi connectivity index (χ2v) is 4.26. The normalized spacial score (nSPS) is 9.90. The molecule has 0 aliphatic carbocycles. The molecule has 0 aromatic heterocycles. The summed E-state index contributed by atoms with van der Waals surface area (Å²) < 4.78 is 13.3. The Morgan fingerprint density at radius 2 is 1.65 bits per heavy atom. The third kappa shape index (κ3) is 3.41. The third-order valence-corrected chi connectivity index (χ3v) is 2.60. The Hall–Kier alpha value is -2.69. The summed E-state index contributed by atoms with van der Waals surface area (Å²) >= 11 is 0. The fourth-order valence-corrected chi connectivity index (χ4v) is 1.65. The maximum Gasteiger partial charge on any atom is 0.314 e. The lowest BCUT2D eigenvalue weighted by Crippen LogP contribution is -2.29. The molecule has 0 atom stereocenters. The first-order valence-corrected chi connectivity index (χ1v) is 6.00. The van der Waals surface area contributed by atoms with Crippen LogP contribution in [0.3, 0.4) is 0 Å². The van der Waals surface area contributed by atoms with Crippen LogP contribution in [0.2, 0.25) is 0 Å². The van der Waals surface area contributed by atoms with Crippen molar-refractivity contribution >= 4 is 23.2 Å². The fourth-order valence-electron chi connectivity index (χ4n) is 1.65. The molecule has 102 valence electrons. The molecule has 0 aliphatic heterocycles. The van der Waals surface area contributed by atoms with Crippen LogP contribution in [0.25, 0.3) is 0 Å². The lowest BCUT2D eigenvalue weighted by molar-refractivity contribution is -0.133. The van der Waals surface area contributed by atoms with Crippen LogP contribution in [0.1, 0.15) is 5.56 Å². The van der Waals surface area contributed by atoms with Crippen LogP contribution in [0, 0.1) is 12.7 Å². The highest BCUT2D eigenvalue weighted by Crippen LogP contribution is 2.13. The molecule has 20 heavy (non-hydrogen) atoms. The van der Waals surface area contributed by atoms with Gasteiger partial charge in [-0.2, -0.15) is 0 Å². The van der Waals surface area contributed by atoms with E-state index in [9.17, 15) is 14.0 Å². The summed E-state index contributed by atoms with van der Waals surface area (Å²) in [5.41, 5.74) is 1.44. The Bertz CT molecular complexity index is 656. The zero-order chi connectivity index (χ0) is 14.5. The summed E-state index contributed by atoms with van der Waals surface area (Å²) in [4.78, 5) is 23.4. The average molecular weight is 272 g/mol. The number of carbonyl (C=O) groups is 2. The van der Waals surface area contributed by atoms with Crippen molar-refractivity contribution in [2.75, 3.05) is 10.6 Å². The number of para-hydroxylation sites is 1. The zero-order valence-corrected chi connectivity index (χ0v) is 10.8. The van der Waals surface area contributed by atoms with Gasteiger partial charge >= 0.3 is 11.8 Å². The molecule has 0 saturated carbocycles. The standard InChI is InChI=1S/C15H13FN2O2/c1-10-5-4-6-11(9-10)17-14(19)15(20)18-13-8-3-2-7-12(13)16/h2-9H,1H3,(H,17,19)(H,18,20). The second kappa shape index (κ2) is 5.97. The molecule has 0 unspecified atom stereocenters. The van der Waals surface area contributed by atoms with E-state index in [4.69, 9.17) is 0 Å². The molecule has 2 aromatic rings. The van der Waals surface area contributed by atoms with Gasteiger partial charge in [0.1, 0.15) is 5.82 Å². The Morgan fingerprint density at radius 1 is 0.950 bits per heavy atom. The predicted molar refractivity (Wildman–Crippen MR) is 74.8 cm³/mol. The largest absolute Gasteiger partial charge is 0.318 e. The average Bonchev–Trinajstić information content (AvgIpc) is 2.41. The van der Waals surface area contributed by atoms with Gasteiger partial charge in [-0.15, -0.1) is 0 Å². The van der Waals surface area contributed by atoms with Crippen LogP contribution in [0.15, 0.2) is 48.5 Å². The zero-order valence-electron chi connectivity index (χ0n) is 10.8. The highest BCUT2D eigenvalue weighted by Gasteiger charge is 2.15. The monoisotopic (exact) mass is 272 g/mol. The minimum absolute atomic E-state index is 0.0307. The van der Waals surface area contributed by atoms with Gasteiger partial charge < -0.3 is 10.6 Å². The minimum atomic E-state index is -0.920. The molecule has 5 heteroatoms. The molecule has 2 rings (SSSR count). The molecular weight excluding hydrogens is 259 g/mol. The number of carbonyl (C=O) groups excluding carboxylic acids is 2. The van der Waals surface area contributed by atoms with Gasteiger partial charge in [0.25, 0.3) is 0 Å². The van der Waals surface area contributed by atoms with Gasteiger partial charge in [0, 0.05) is 5.69 Å². The molecular formula is C15H13FN2O2. The van der Waals surface area contributed by atoms with E-state index in [1.54, 1.807) is 24.3 Å². The summed E-state index contributed by atoms with van der Waals surface area (Å²) in [7, 11) is 0. The van der Waals surface area contributed by atoms with E-state index < -0.39 is 17.6 Å². The second-order valence-electron chi connectivity index (χ2n) is 4.26. The van der Waals surface area contributed by atoms with Crippen molar-refractivity contribution in [3.05, 3.63) is 59.9 Å². The highest BCUT2D eigenvalue weighted by atomic mass is 19.1. The van der Waals surface area contributed by atoms with Crippen molar-refractivity contribution in [2.24, 2.45) is 0 Å². The van der Waals surface area contributed by atoms with Crippen LogP contribution in [-0.4, -0.2) is 11.8 Å². The van der Waals surface area contributed by atoms with Crippen LogP contribution >= 0.6 is 0 Å². The maximum atomic E-state index is 13.3. The van der Waals surface area contributed by atoms with Gasteiger partial charge in [-0.25, -0.2) is 4.39 Å². The molecule has 2 amide bonds. The van der Waals surface area contributed by atoms with Crippen molar-refractivity contribution in [2.45, 2.75) is 6.92 Å². The molecule has 0 saturated heterocycles. The van der Waals surface area contributed by atoms with E-state index in [1.165, 1.54) is 18.2 Å². The number of nitrogens with one attached hydrogen (secondary N) is 2. The molecule has 2 aromatic carbocycles. The van der Waals surface area contributed by atoms with Crippen molar-refractivity contribution in [1.82, 2.24) is 0 Å². The van der Waals surface area contributed by atoms with E-state index in [0.29, 0.717) is 5.69 Å². The first-order valence-electron chi connectivity index (χ1n) is 6.00. The van der Waals surface area contributed by atoms with Crippen molar-refractivity contribution in [1.29, 1.82) is 0 Å². The summed E-state index contributed by atoms with van der Waals surface area (Å²) in [6, 6.07) is 12.7. The molecule has 0 aliphatic rings. The molecule has 0 heterocycles. The first kappa shape index (κ1) is 13.7. The van der Waals surface area contributed by atoms with Gasteiger partial charge in [0.05, 0.1) is 5.69 Å². The number of halogens is 1.